The van der Waals surface area contributed by atoms with Gasteiger partial charge in [0.05, 0.1) is 12.2 Å². The zero-order valence-electron chi connectivity index (χ0n) is 8.45. The molecule has 2 heterocycles. The Kier molecular flexibility index (Phi) is 2.92. The molecular formula is C10H12N4O. The van der Waals surface area contributed by atoms with E-state index >= 15 is 0 Å². The summed E-state index contributed by atoms with van der Waals surface area (Å²) in [4.78, 5) is 3.97. The molecule has 15 heavy (non-hydrogen) atoms. The van der Waals surface area contributed by atoms with Gasteiger partial charge in [0.15, 0.2) is 0 Å². The molecule has 5 nitrogen and oxygen atoms in total. The van der Waals surface area contributed by atoms with Crippen LogP contribution in [0.25, 0.3) is 0 Å². The van der Waals surface area contributed by atoms with E-state index in [1.807, 2.05) is 23.6 Å². The smallest absolute Gasteiger partial charge is 0.137 e. The SMILES string of the molecule is CC(COc1cccnc1)n1cnnc1. The van der Waals surface area contributed by atoms with Gasteiger partial charge in [-0.1, -0.05) is 0 Å². The van der Waals surface area contributed by atoms with Crippen LogP contribution in [0.15, 0.2) is 37.2 Å². The predicted molar refractivity (Wildman–Crippen MR) is 54.5 cm³/mol. The molecule has 0 spiro atoms. The Hall–Kier alpha value is -1.91. The molecule has 5 heteroatoms. The standard InChI is InChI=1S/C10H12N4O/c1-9(14-7-12-13-8-14)6-15-10-3-2-4-11-5-10/h2-5,7-9H,6H2,1H3. The van der Waals surface area contributed by atoms with Crippen LogP contribution in [0.4, 0.5) is 0 Å². The number of hydrogen-bond acceptors (Lipinski definition) is 4. The maximum atomic E-state index is 5.55. The Morgan fingerprint density at radius 3 is 2.87 bits per heavy atom. The summed E-state index contributed by atoms with van der Waals surface area (Å²) >= 11 is 0. The first kappa shape index (κ1) is 9.64. The third-order valence-electron chi connectivity index (χ3n) is 2.07. The van der Waals surface area contributed by atoms with E-state index < -0.39 is 0 Å². The largest absolute Gasteiger partial charge is 0.490 e. The average Bonchev–Trinajstić information content (AvgIpc) is 2.81. The molecule has 0 aliphatic heterocycles. The minimum Gasteiger partial charge on any atom is -0.490 e. The van der Waals surface area contributed by atoms with Crippen LogP contribution in [0, 0.1) is 0 Å². The average molecular weight is 204 g/mol. The van der Waals surface area contributed by atoms with Gasteiger partial charge >= 0.3 is 0 Å². The zero-order valence-corrected chi connectivity index (χ0v) is 8.45. The van der Waals surface area contributed by atoms with Crippen LogP contribution in [0.5, 0.6) is 5.75 Å². The number of nitrogens with zero attached hydrogens (tertiary/aromatic N) is 4. The molecule has 0 bridgehead atoms. The number of aromatic nitrogens is 4. The highest BCUT2D eigenvalue weighted by molar-refractivity contribution is 5.15. The van der Waals surface area contributed by atoms with Gasteiger partial charge in [-0.05, 0) is 19.1 Å². The van der Waals surface area contributed by atoms with Crippen LogP contribution in [-0.4, -0.2) is 26.4 Å². The van der Waals surface area contributed by atoms with E-state index in [4.69, 9.17) is 4.74 Å². The molecule has 1 atom stereocenters. The number of pyridine rings is 1. The lowest BCUT2D eigenvalue weighted by Crippen LogP contribution is -2.12. The Labute approximate surface area is 87.7 Å². The molecule has 0 saturated heterocycles. The van der Waals surface area contributed by atoms with Gasteiger partial charge in [-0.2, -0.15) is 0 Å². The summed E-state index contributed by atoms with van der Waals surface area (Å²) < 4.78 is 7.45. The topological polar surface area (TPSA) is 52.8 Å². The minimum atomic E-state index is 0.209. The quantitative estimate of drug-likeness (QED) is 0.753. The Morgan fingerprint density at radius 1 is 1.40 bits per heavy atom. The first-order valence-electron chi connectivity index (χ1n) is 4.73. The molecule has 0 N–H and O–H groups in total. The van der Waals surface area contributed by atoms with Crippen molar-refractivity contribution in [1.29, 1.82) is 0 Å². The van der Waals surface area contributed by atoms with Crippen molar-refractivity contribution in [1.82, 2.24) is 19.7 Å². The molecule has 78 valence electrons. The van der Waals surface area contributed by atoms with Gasteiger partial charge in [-0.25, -0.2) is 0 Å². The molecule has 0 radical (unpaired) electrons. The minimum absolute atomic E-state index is 0.209. The highest BCUT2D eigenvalue weighted by Gasteiger charge is 2.04. The van der Waals surface area contributed by atoms with Gasteiger partial charge < -0.3 is 9.30 Å². The maximum Gasteiger partial charge on any atom is 0.137 e. The van der Waals surface area contributed by atoms with Crippen LogP contribution < -0.4 is 4.74 Å². The lowest BCUT2D eigenvalue weighted by atomic mass is 10.3. The fourth-order valence-corrected chi connectivity index (χ4v) is 1.17. The van der Waals surface area contributed by atoms with Crippen molar-refractivity contribution in [3.8, 4) is 5.75 Å². The normalized spacial score (nSPS) is 12.3. The molecule has 0 aromatic carbocycles. The monoisotopic (exact) mass is 204 g/mol. The molecule has 0 amide bonds. The second-order valence-corrected chi connectivity index (χ2v) is 3.26. The fraction of sp³-hybridized carbons (Fsp3) is 0.300. The first-order valence-corrected chi connectivity index (χ1v) is 4.73. The van der Waals surface area contributed by atoms with Gasteiger partial charge in [-0.3, -0.25) is 4.98 Å². The van der Waals surface area contributed by atoms with Crippen molar-refractivity contribution in [2.45, 2.75) is 13.0 Å². The maximum absolute atomic E-state index is 5.55. The van der Waals surface area contributed by atoms with Crippen molar-refractivity contribution in [3.63, 3.8) is 0 Å². The molecule has 2 aromatic rings. The summed E-state index contributed by atoms with van der Waals surface area (Å²) in [6.07, 6.45) is 6.77. The first-order chi connectivity index (χ1) is 7.36. The summed E-state index contributed by atoms with van der Waals surface area (Å²) in [5.74, 6) is 0.775. The summed E-state index contributed by atoms with van der Waals surface area (Å²) in [5.41, 5.74) is 0. The lowest BCUT2D eigenvalue weighted by Gasteiger charge is -2.13. The second-order valence-electron chi connectivity index (χ2n) is 3.26. The zero-order chi connectivity index (χ0) is 10.5. The molecular weight excluding hydrogens is 192 g/mol. The molecule has 0 aliphatic carbocycles. The van der Waals surface area contributed by atoms with Crippen molar-refractivity contribution in [2.24, 2.45) is 0 Å². The van der Waals surface area contributed by atoms with E-state index in [1.54, 1.807) is 25.0 Å². The molecule has 0 aliphatic rings. The summed E-state index contributed by atoms with van der Waals surface area (Å²) in [7, 11) is 0. The molecule has 1 unspecified atom stereocenters. The Balaban J connectivity index is 1.89. The van der Waals surface area contributed by atoms with Crippen molar-refractivity contribution >= 4 is 0 Å². The summed E-state index contributed by atoms with van der Waals surface area (Å²) in [6, 6.07) is 3.94. The van der Waals surface area contributed by atoms with Crippen LogP contribution in [-0.2, 0) is 0 Å². The van der Waals surface area contributed by atoms with Crippen LogP contribution in [0.3, 0.4) is 0 Å². The Morgan fingerprint density at radius 2 is 2.20 bits per heavy atom. The highest BCUT2D eigenvalue weighted by Crippen LogP contribution is 2.10. The summed E-state index contributed by atoms with van der Waals surface area (Å²) in [6.45, 7) is 2.61. The van der Waals surface area contributed by atoms with Crippen molar-refractivity contribution in [2.75, 3.05) is 6.61 Å². The summed E-state index contributed by atoms with van der Waals surface area (Å²) in [5, 5.41) is 7.49. The van der Waals surface area contributed by atoms with Crippen molar-refractivity contribution < 1.29 is 4.74 Å². The third kappa shape index (κ3) is 2.52. The number of hydrogen-bond donors (Lipinski definition) is 0. The van der Waals surface area contributed by atoms with Crippen LogP contribution in [0.2, 0.25) is 0 Å². The van der Waals surface area contributed by atoms with Gasteiger partial charge in [0.25, 0.3) is 0 Å². The lowest BCUT2D eigenvalue weighted by molar-refractivity contribution is 0.259. The molecule has 0 saturated carbocycles. The van der Waals surface area contributed by atoms with Gasteiger partial charge in [-0.15, -0.1) is 10.2 Å². The fourth-order valence-electron chi connectivity index (χ4n) is 1.17. The Bertz CT molecular complexity index is 387. The van der Waals surface area contributed by atoms with Gasteiger partial charge in [0, 0.05) is 6.20 Å². The van der Waals surface area contributed by atoms with E-state index in [9.17, 15) is 0 Å². The predicted octanol–water partition coefficient (Wildman–Crippen LogP) is 1.31. The molecule has 0 fully saturated rings. The van der Waals surface area contributed by atoms with Gasteiger partial charge in [0.1, 0.15) is 25.0 Å². The van der Waals surface area contributed by atoms with E-state index in [1.165, 1.54) is 0 Å². The number of rotatable bonds is 4. The van der Waals surface area contributed by atoms with E-state index in [-0.39, 0.29) is 6.04 Å². The van der Waals surface area contributed by atoms with E-state index in [2.05, 4.69) is 15.2 Å². The molecule has 2 rings (SSSR count). The number of ether oxygens (including phenoxy) is 1. The van der Waals surface area contributed by atoms with E-state index in [0.29, 0.717) is 6.61 Å². The van der Waals surface area contributed by atoms with Crippen LogP contribution >= 0.6 is 0 Å². The second kappa shape index (κ2) is 4.54. The van der Waals surface area contributed by atoms with Crippen molar-refractivity contribution in [3.05, 3.63) is 37.2 Å². The van der Waals surface area contributed by atoms with E-state index in [0.717, 1.165) is 5.75 Å². The third-order valence-corrected chi connectivity index (χ3v) is 2.07. The highest BCUT2D eigenvalue weighted by atomic mass is 16.5. The van der Waals surface area contributed by atoms with Gasteiger partial charge in [0.2, 0.25) is 0 Å². The van der Waals surface area contributed by atoms with Crippen LogP contribution in [0.1, 0.15) is 13.0 Å². The molecule has 2 aromatic heterocycles.